The number of fused-ring (bicyclic) bond motifs is 1. The molecule has 0 aliphatic carbocycles. The number of imidazole rings is 1. The number of anilines is 2. The molecule has 1 aliphatic rings. The molecule has 1 aromatic heterocycles. The maximum atomic E-state index is 12.8. The summed E-state index contributed by atoms with van der Waals surface area (Å²) in [5.41, 5.74) is 3.11. The van der Waals surface area contributed by atoms with E-state index in [1.165, 1.54) is 7.11 Å². The van der Waals surface area contributed by atoms with Crippen molar-refractivity contribution in [3.05, 3.63) is 54.4 Å². The number of nitrogens with zero attached hydrogens (tertiary/aromatic N) is 2. The summed E-state index contributed by atoms with van der Waals surface area (Å²) in [6.07, 6.45) is 1.35. The molecule has 1 aliphatic heterocycles. The van der Waals surface area contributed by atoms with Gasteiger partial charge in [0.25, 0.3) is 0 Å². The SMILES string of the molecule is COC(=O)Nc1cccc(NC(=O)N2CCCC(c3nc4ccccc4[nH]3)C2)c1. The third-order valence-corrected chi connectivity index (χ3v) is 5.05. The molecule has 0 radical (unpaired) electrons. The highest BCUT2D eigenvalue weighted by Gasteiger charge is 2.27. The molecular formula is C21H23N5O3. The Morgan fingerprint density at radius 2 is 1.93 bits per heavy atom. The average Bonchev–Trinajstić information content (AvgIpc) is 3.18. The molecule has 1 fully saturated rings. The van der Waals surface area contributed by atoms with E-state index in [9.17, 15) is 9.59 Å². The van der Waals surface area contributed by atoms with Crippen molar-refractivity contribution in [3.8, 4) is 0 Å². The molecule has 150 valence electrons. The van der Waals surface area contributed by atoms with Gasteiger partial charge in [0.15, 0.2) is 0 Å². The molecule has 8 heteroatoms. The minimum Gasteiger partial charge on any atom is -0.453 e. The van der Waals surface area contributed by atoms with Gasteiger partial charge in [0.05, 0.1) is 18.1 Å². The summed E-state index contributed by atoms with van der Waals surface area (Å²) in [6.45, 7) is 1.30. The zero-order chi connectivity index (χ0) is 20.2. The van der Waals surface area contributed by atoms with Gasteiger partial charge in [-0.1, -0.05) is 18.2 Å². The maximum absolute atomic E-state index is 12.8. The number of para-hydroxylation sites is 2. The smallest absolute Gasteiger partial charge is 0.411 e. The van der Waals surface area contributed by atoms with Gasteiger partial charge >= 0.3 is 12.1 Å². The van der Waals surface area contributed by atoms with Gasteiger partial charge in [-0.3, -0.25) is 5.32 Å². The van der Waals surface area contributed by atoms with Gasteiger partial charge in [-0.2, -0.15) is 0 Å². The van der Waals surface area contributed by atoms with E-state index in [0.717, 1.165) is 29.7 Å². The van der Waals surface area contributed by atoms with Gasteiger partial charge < -0.3 is 19.9 Å². The molecule has 1 saturated heterocycles. The van der Waals surface area contributed by atoms with Crippen LogP contribution in [-0.2, 0) is 4.74 Å². The van der Waals surface area contributed by atoms with Crippen LogP contribution in [0.15, 0.2) is 48.5 Å². The first kappa shape index (κ1) is 18.8. The van der Waals surface area contributed by atoms with Crippen LogP contribution in [0, 0.1) is 0 Å². The number of H-pyrrole nitrogens is 1. The highest BCUT2D eigenvalue weighted by atomic mass is 16.5. The van der Waals surface area contributed by atoms with Gasteiger partial charge in [-0.15, -0.1) is 0 Å². The summed E-state index contributed by atoms with van der Waals surface area (Å²) in [5.74, 6) is 1.10. The predicted octanol–water partition coefficient (Wildman–Crippen LogP) is 4.15. The molecule has 2 aromatic carbocycles. The number of rotatable bonds is 3. The summed E-state index contributed by atoms with van der Waals surface area (Å²) >= 11 is 0. The number of methoxy groups -OCH3 is 1. The Bertz CT molecular complexity index is 999. The maximum Gasteiger partial charge on any atom is 0.411 e. The lowest BCUT2D eigenvalue weighted by molar-refractivity contribution is 0.187. The standard InChI is InChI=1S/C21H23N5O3/c1-29-21(28)23-16-8-4-7-15(12-16)22-20(27)26-11-5-6-14(13-26)19-24-17-9-2-3-10-18(17)25-19/h2-4,7-10,12,14H,5-6,11,13H2,1H3,(H,22,27)(H,23,28)(H,24,25). The lowest BCUT2D eigenvalue weighted by Crippen LogP contribution is -2.41. The van der Waals surface area contributed by atoms with E-state index in [1.807, 2.05) is 29.2 Å². The summed E-state index contributed by atoms with van der Waals surface area (Å²) in [5, 5.41) is 5.49. The van der Waals surface area contributed by atoms with E-state index in [-0.39, 0.29) is 11.9 Å². The van der Waals surface area contributed by atoms with E-state index in [1.54, 1.807) is 24.3 Å². The first-order chi connectivity index (χ1) is 14.1. The summed E-state index contributed by atoms with van der Waals surface area (Å²) in [6, 6.07) is 14.7. The number of aromatic amines is 1. The van der Waals surface area contributed by atoms with Crippen molar-refractivity contribution < 1.29 is 14.3 Å². The molecule has 0 saturated carbocycles. The van der Waals surface area contributed by atoms with Crippen LogP contribution in [0.3, 0.4) is 0 Å². The number of carbonyl (C=O) groups is 2. The van der Waals surface area contributed by atoms with Crippen molar-refractivity contribution >= 4 is 34.5 Å². The summed E-state index contributed by atoms with van der Waals surface area (Å²) in [4.78, 5) is 34.0. The van der Waals surface area contributed by atoms with Crippen LogP contribution in [0.4, 0.5) is 21.0 Å². The third-order valence-electron chi connectivity index (χ3n) is 5.05. The average molecular weight is 393 g/mol. The molecule has 0 spiro atoms. The van der Waals surface area contributed by atoms with Gasteiger partial charge in [-0.05, 0) is 43.2 Å². The predicted molar refractivity (Wildman–Crippen MR) is 111 cm³/mol. The Kier molecular flexibility index (Phi) is 5.33. The number of urea groups is 1. The largest absolute Gasteiger partial charge is 0.453 e. The van der Waals surface area contributed by atoms with Crippen LogP contribution in [0.2, 0.25) is 0 Å². The molecule has 4 rings (SSSR count). The Morgan fingerprint density at radius 1 is 1.14 bits per heavy atom. The highest BCUT2D eigenvalue weighted by molar-refractivity contribution is 5.91. The van der Waals surface area contributed by atoms with E-state index < -0.39 is 6.09 Å². The van der Waals surface area contributed by atoms with Gasteiger partial charge in [0.2, 0.25) is 0 Å². The number of piperidine rings is 1. The highest BCUT2D eigenvalue weighted by Crippen LogP contribution is 2.27. The van der Waals surface area contributed by atoms with Crippen molar-refractivity contribution in [1.82, 2.24) is 14.9 Å². The topological polar surface area (TPSA) is 99.3 Å². The number of carbonyl (C=O) groups excluding carboxylic acids is 2. The number of amides is 3. The molecular weight excluding hydrogens is 370 g/mol. The lowest BCUT2D eigenvalue weighted by atomic mass is 9.97. The van der Waals surface area contributed by atoms with Crippen LogP contribution < -0.4 is 10.6 Å². The number of hydrogen-bond donors (Lipinski definition) is 3. The van der Waals surface area contributed by atoms with Crippen molar-refractivity contribution in [2.24, 2.45) is 0 Å². The molecule has 1 atom stereocenters. The third kappa shape index (κ3) is 4.31. The Morgan fingerprint density at radius 3 is 2.72 bits per heavy atom. The fraction of sp³-hybridized carbons (Fsp3) is 0.286. The zero-order valence-corrected chi connectivity index (χ0v) is 16.1. The normalized spacial score (nSPS) is 16.4. The van der Waals surface area contributed by atoms with Gasteiger partial charge in [-0.25, -0.2) is 14.6 Å². The van der Waals surface area contributed by atoms with Crippen molar-refractivity contribution in [2.45, 2.75) is 18.8 Å². The number of nitrogens with one attached hydrogen (secondary N) is 3. The van der Waals surface area contributed by atoms with Crippen LogP contribution in [0.25, 0.3) is 11.0 Å². The van der Waals surface area contributed by atoms with E-state index in [0.29, 0.717) is 24.5 Å². The van der Waals surface area contributed by atoms with Gasteiger partial charge in [0.1, 0.15) is 5.82 Å². The Labute approximate surface area is 168 Å². The fourth-order valence-corrected chi connectivity index (χ4v) is 3.60. The van der Waals surface area contributed by atoms with Crippen LogP contribution in [0.1, 0.15) is 24.6 Å². The lowest BCUT2D eigenvalue weighted by Gasteiger charge is -2.31. The summed E-state index contributed by atoms with van der Waals surface area (Å²) < 4.78 is 4.59. The fourth-order valence-electron chi connectivity index (χ4n) is 3.60. The monoisotopic (exact) mass is 393 g/mol. The molecule has 1 unspecified atom stereocenters. The van der Waals surface area contributed by atoms with Crippen LogP contribution in [-0.4, -0.2) is 47.2 Å². The van der Waals surface area contributed by atoms with Crippen LogP contribution in [0.5, 0.6) is 0 Å². The van der Waals surface area contributed by atoms with E-state index >= 15 is 0 Å². The van der Waals surface area contributed by atoms with E-state index in [2.05, 4.69) is 20.4 Å². The number of benzene rings is 2. The Hall–Kier alpha value is -3.55. The summed E-state index contributed by atoms with van der Waals surface area (Å²) in [7, 11) is 1.30. The molecule has 29 heavy (non-hydrogen) atoms. The Balaban J connectivity index is 1.42. The zero-order valence-electron chi connectivity index (χ0n) is 16.1. The number of hydrogen-bond acceptors (Lipinski definition) is 4. The number of likely N-dealkylation sites (tertiary alicyclic amines) is 1. The minimum absolute atomic E-state index is 0.166. The number of aromatic nitrogens is 2. The van der Waals surface area contributed by atoms with E-state index in [4.69, 9.17) is 4.98 Å². The molecule has 3 N–H and O–H groups in total. The van der Waals surface area contributed by atoms with Gasteiger partial charge in [0, 0.05) is 30.4 Å². The number of ether oxygens (including phenoxy) is 1. The molecule has 2 heterocycles. The second kappa shape index (κ2) is 8.22. The molecule has 0 bridgehead atoms. The van der Waals surface area contributed by atoms with Crippen molar-refractivity contribution in [3.63, 3.8) is 0 Å². The first-order valence-corrected chi connectivity index (χ1v) is 9.58. The molecule has 3 aromatic rings. The van der Waals surface area contributed by atoms with Crippen LogP contribution >= 0.6 is 0 Å². The minimum atomic E-state index is -0.557. The second-order valence-corrected chi connectivity index (χ2v) is 7.05. The molecule has 8 nitrogen and oxygen atoms in total. The first-order valence-electron chi connectivity index (χ1n) is 9.58. The molecule has 3 amide bonds. The van der Waals surface area contributed by atoms with Crippen molar-refractivity contribution in [1.29, 1.82) is 0 Å². The quantitative estimate of drug-likeness (QED) is 0.622. The van der Waals surface area contributed by atoms with Crippen molar-refractivity contribution in [2.75, 3.05) is 30.8 Å². The second-order valence-electron chi connectivity index (χ2n) is 7.05.